The van der Waals surface area contributed by atoms with Crippen molar-refractivity contribution >= 4 is 17.6 Å². The van der Waals surface area contributed by atoms with E-state index in [-0.39, 0.29) is 5.92 Å². The largest absolute Gasteiger partial charge is 0.481 e. The molecule has 92 valence electrons. The Kier molecular flexibility index (Phi) is 4.06. The molecule has 1 aromatic rings. The number of hydrogen-bond donors (Lipinski definition) is 1. The molecular weight excluding hydrogens is 236 g/mol. The highest BCUT2D eigenvalue weighted by molar-refractivity contribution is 6.30. The minimum atomic E-state index is -0.723. The van der Waals surface area contributed by atoms with Crippen LogP contribution in [-0.2, 0) is 4.79 Å². The van der Waals surface area contributed by atoms with Gasteiger partial charge in [0.2, 0.25) is 0 Å². The molecule has 2 rings (SSSR count). The smallest absolute Gasteiger partial charge is 0.311 e. The lowest BCUT2D eigenvalue weighted by Gasteiger charge is -2.27. The highest BCUT2D eigenvalue weighted by Gasteiger charge is 2.30. The molecular formula is C14H17ClO2. The maximum absolute atomic E-state index is 11.5. The van der Waals surface area contributed by atoms with Crippen LogP contribution in [0.4, 0.5) is 0 Å². The summed E-state index contributed by atoms with van der Waals surface area (Å²) in [5, 5.41) is 10.0. The Labute approximate surface area is 107 Å². The number of aliphatic carboxylic acids is 1. The van der Waals surface area contributed by atoms with Gasteiger partial charge in [-0.25, -0.2) is 0 Å². The van der Waals surface area contributed by atoms with Gasteiger partial charge in [-0.15, -0.1) is 0 Å². The van der Waals surface area contributed by atoms with E-state index < -0.39 is 11.9 Å². The average Bonchev–Trinajstić information content (AvgIpc) is 2.30. The summed E-state index contributed by atoms with van der Waals surface area (Å²) in [5.74, 6) is -0.854. The second-order valence-electron chi connectivity index (χ2n) is 4.77. The summed E-state index contributed by atoms with van der Waals surface area (Å²) in [5.41, 5.74) is 0.844. The fraction of sp³-hybridized carbons (Fsp3) is 0.500. The van der Waals surface area contributed by atoms with Crippen molar-refractivity contribution in [2.24, 2.45) is 5.92 Å². The van der Waals surface area contributed by atoms with E-state index in [0.717, 1.165) is 31.2 Å². The molecule has 1 aromatic carbocycles. The van der Waals surface area contributed by atoms with Crippen LogP contribution in [0.25, 0.3) is 0 Å². The van der Waals surface area contributed by atoms with E-state index in [1.165, 1.54) is 6.42 Å². The van der Waals surface area contributed by atoms with E-state index in [1.807, 2.05) is 12.1 Å². The number of benzene rings is 1. The Morgan fingerprint density at radius 2 is 2.00 bits per heavy atom. The first-order valence-electron chi connectivity index (χ1n) is 6.17. The average molecular weight is 253 g/mol. The third kappa shape index (κ3) is 3.01. The monoisotopic (exact) mass is 252 g/mol. The summed E-state index contributed by atoms with van der Waals surface area (Å²) in [6.07, 6.45) is 5.56. The fourth-order valence-corrected chi connectivity index (χ4v) is 2.98. The van der Waals surface area contributed by atoms with Gasteiger partial charge >= 0.3 is 5.97 Å². The van der Waals surface area contributed by atoms with Crippen LogP contribution in [0.2, 0.25) is 5.02 Å². The molecule has 2 nitrogen and oxygen atoms in total. The molecule has 1 aliphatic rings. The van der Waals surface area contributed by atoms with Gasteiger partial charge in [0.1, 0.15) is 0 Å². The van der Waals surface area contributed by atoms with Crippen LogP contribution in [0.3, 0.4) is 0 Å². The quantitative estimate of drug-likeness (QED) is 0.880. The standard InChI is InChI=1S/C14H17ClO2/c15-12-8-4-7-11(9-12)13(14(16)17)10-5-2-1-3-6-10/h4,7-10,13H,1-3,5-6H2,(H,16,17)/t13-/m0/s1. The SMILES string of the molecule is O=C(O)[C@H](c1cccc(Cl)c1)C1CCCCC1. The van der Waals surface area contributed by atoms with Gasteiger partial charge in [0.15, 0.2) is 0 Å². The number of carboxylic acids is 1. The number of carboxylic acid groups (broad SMARTS) is 1. The molecule has 0 saturated heterocycles. The second kappa shape index (κ2) is 5.54. The molecule has 0 spiro atoms. The first-order chi connectivity index (χ1) is 8.18. The molecule has 0 heterocycles. The van der Waals surface area contributed by atoms with E-state index in [1.54, 1.807) is 12.1 Å². The van der Waals surface area contributed by atoms with Gasteiger partial charge in [0.05, 0.1) is 5.92 Å². The molecule has 3 heteroatoms. The van der Waals surface area contributed by atoms with Crippen LogP contribution in [0.15, 0.2) is 24.3 Å². The molecule has 1 saturated carbocycles. The molecule has 1 fully saturated rings. The van der Waals surface area contributed by atoms with Crippen molar-refractivity contribution < 1.29 is 9.90 Å². The first-order valence-corrected chi connectivity index (χ1v) is 6.54. The Morgan fingerprint density at radius 3 is 2.59 bits per heavy atom. The summed E-state index contributed by atoms with van der Waals surface area (Å²) in [7, 11) is 0. The Morgan fingerprint density at radius 1 is 1.29 bits per heavy atom. The van der Waals surface area contributed by atoms with Crippen molar-refractivity contribution in [2.75, 3.05) is 0 Å². The van der Waals surface area contributed by atoms with Crippen molar-refractivity contribution in [3.05, 3.63) is 34.9 Å². The minimum absolute atomic E-state index is 0.264. The summed E-state index contributed by atoms with van der Waals surface area (Å²) in [6, 6.07) is 7.27. The van der Waals surface area contributed by atoms with Gasteiger partial charge in [-0.05, 0) is 36.5 Å². The predicted octanol–water partition coefficient (Wildman–Crippen LogP) is 4.09. The molecule has 0 bridgehead atoms. The molecule has 0 radical (unpaired) electrons. The summed E-state index contributed by atoms with van der Waals surface area (Å²) < 4.78 is 0. The Bertz CT molecular complexity index is 397. The van der Waals surface area contributed by atoms with Crippen LogP contribution in [0.1, 0.15) is 43.6 Å². The summed E-state index contributed by atoms with van der Waals surface area (Å²) in [6.45, 7) is 0. The molecule has 1 atom stereocenters. The lowest BCUT2D eigenvalue weighted by Crippen LogP contribution is -2.23. The number of rotatable bonds is 3. The number of hydrogen-bond acceptors (Lipinski definition) is 1. The second-order valence-corrected chi connectivity index (χ2v) is 5.21. The third-order valence-corrected chi connectivity index (χ3v) is 3.83. The van der Waals surface area contributed by atoms with Gasteiger partial charge in [-0.2, -0.15) is 0 Å². The van der Waals surface area contributed by atoms with Gasteiger partial charge < -0.3 is 5.11 Å². The van der Waals surface area contributed by atoms with E-state index in [0.29, 0.717) is 5.02 Å². The van der Waals surface area contributed by atoms with Gasteiger partial charge in [-0.3, -0.25) is 4.79 Å². The zero-order chi connectivity index (χ0) is 12.3. The topological polar surface area (TPSA) is 37.3 Å². The van der Waals surface area contributed by atoms with Crippen LogP contribution in [-0.4, -0.2) is 11.1 Å². The summed E-state index contributed by atoms with van der Waals surface area (Å²) in [4.78, 5) is 11.5. The van der Waals surface area contributed by atoms with Gasteiger partial charge in [0.25, 0.3) is 0 Å². The molecule has 17 heavy (non-hydrogen) atoms. The van der Waals surface area contributed by atoms with Crippen molar-refractivity contribution in [1.82, 2.24) is 0 Å². The molecule has 0 aromatic heterocycles. The Hall–Kier alpha value is -1.02. The van der Waals surface area contributed by atoms with E-state index >= 15 is 0 Å². The molecule has 0 unspecified atom stereocenters. The van der Waals surface area contributed by atoms with Gasteiger partial charge in [-0.1, -0.05) is 43.0 Å². The minimum Gasteiger partial charge on any atom is -0.481 e. The molecule has 1 N–H and O–H groups in total. The first kappa shape index (κ1) is 12.4. The molecule has 0 amide bonds. The van der Waals surface area contributed by atoms with Gasteiger partial charge in [0, 0.05) is 5.02 Å². The van der Waals surface area contributed by atoms with Crippen LogP contribution >= 0.6 is 11.6 Å². The van der Waals surface area contributed by atoms with E-state index in [9.17, 15) is 9.90 Å². The van der Waals surface area contributed by atoms with Crippen LogP contribution in [0.5, 0.6) is 0 Å². The normalized spacial score (nSPS) is 18.9. The molecule has 0 aliphatic heterocycles. The van der Waals surface area contributed by atoms with E-state index in [2.05, 4.69) is 0 Å². The van der Waals surface area contributed by atoms with Crippen molar-refractivity contribution in [3.8, 4) is 0 Å². The number of halogens is 1. The maximum Gasteiger partial charge on any atom is 0.311 e. The number of carbonyl (C=O) groups is 1. The van der Waals surface area contributed by atoms with Crippen molar-refractivity contribution in [2.45, 2.75) is 38.0 Å². The van der Waals surface area contributed by atoms with Crippen LogP contribution < -0.4 is 0 Å². The lowest BCUT2D eigenvalue weighted by atomic mass is 9.77. The van der Waals surface area contributed by atoms with Crippen molar-refractivity contribution in [3.63, 3.8) is 0 Å². The molecule has 1 aliphatic carbocycles. The van der Waals surface area contributed by atoms with Crippen LogP contribution in [0, 0.1) is 5.92 Å². The fourth-order valence-electron chi connectivity index (χ4n) is 2.78. The third-order valence-electron chi connectivity index (χ3n) is 3.60. The summed E-state index contributed by atoms with van der Waals surface area (Å²) >= 11 is 5.94. The lowest BCUT2D eigenvalue weighted by molar-refractivity contribution is -0.140. The highest BCUT2D eigenvalue weighted by atomic mass is 35.5. The van der Waals surface area contributed by atoms with E-state index in [4.69, 9.17) is 11.6 Å². The highest BCUT2D eigenvalue weighted by Crippen LogP contribution is 2.36. The zero-order valence-corrected chi connectivity index (χ0v) is 10.5. The zero-order valence-electron chi connectivity index (χ0n) is 9.73. The predicted molar refractivity (Wildman–Crippen MR) is 68.4 cm³/mol. The maximum atomic E-state index is 11.5. The Balaban J connectivity index is 2.25. The van der Waals surface area contributed by atoms with Crippen molar-refractivity contribution in [1.29, 1.82) is 0 Å².